The Bertz CT molecular complexity index is 1120. The maximum absolute atomic E-state index is 13.7. The van der Waals surface area contributed by atoms with Crippen LogP contribution in [0.25, 0.3) is 0 Å². The summed E-state index contributed by atoms with van der Waals surface area (Å²) in [6.07, 6.45) is -23.0. The molecule has 36 heavy (non-hydrogen) atoms. The van der Waals surface area contributed by atoms with Crippen LogP contribution in [-0.4, -0.2) is 36.7 Å². The molecule has 1 unspecified atom stereocenters. The third kappa shape index (κ3) is 6.82. The summed E-state index contributed by atoms with van der Waals surface area (Å²) in [6.45, 7) is 0. The lowest BCUT2D eigenvalue weighted by molar-refractivity contribution is -0.442. The fraction of sp³-hybridized carbons (Fsp3) is 0.222. The van der Waals surface area contributed by atoms with E-state index in [4.69, 9.17) is 23.2 Å². The molecule has 0 aliphatic carbocycles. The number of rotatable bonds is 7. The summed E-state index contributed by atoms with van der Waals surface area (Å²) in [7, 11) is 0. The van der Waals surface area contributed by atoms with Crippen LogP contribution in [0.1, 0.15) is 10.4 Å². The molecule has 1 atom stereocenters. The second-order valence-electron chi connectivity index (χ2n) is 6.39. The summed E-state index contributed by atoms with van der Waals surface area (Å²) in [5, 5.41) is 1.49. The Balaban J connectivity index is 2.14. The van der Waals surface area contributed by atoms with Gasteiger partial charge in [0, 0.05) is 5.69 Å². The topological polar surface area (TPSA) is 76.7 Å². The molecule has 0 saturated carbocycles. The van der Waals surface area contributed by atoms with Gasteiger partial charge in [0.05, 0.1) is 10.0 Å². The zero-order valence-corrected chi connectivity index (χ0v) is 18.1. The highest BCUT2D eigenvalue weighted by atomic mass is 35.5. The predicted octanol–water partition coefficient (Wildman–Crippen LogP) is 6.67. The summed E-state index contributed by atoms with van der Waals surface area (Å²) >= 11 is 11.2. The smallest absolute Gasteiger partial charge is 0.425 e. The van der Waals surface area contributed by atoms with Crippen molar-refractivity contribution in [3.63, 3.8) is 0 Å². The number of ether oxygens (including phenoxy) is 2. The average molecular weight is 577 g/mol. The Morgan fingerprint density at radius 3 is 1.89 bits per heavy atom. The third-order valence-electron chi connectivity index (χ3n) is 3.76. The fourth-order valence-electron chi connectivity index (χ4n) is 2.22. The minimum Gasteiger partial charge on any atom is -0.425 e. The van der Waals surface area contributed by atoms with Gasteiger partial charge in [-0.1, -0.05) is 29.3 Å². The molecule has 0 saturated heterocycles. The molecule has 18 heteroatoms. The van der Waals surface area contributed by atoms with Gasteiger partial charge in [-0.3, -0.25) is 14.8 Å². The Kier molecular flexibility index (Phi) is 8.58. The lowest BCUT2D eigenvalue weighted by Gasteiger charge is -2.26. The maximum atomic E-state index is 13.7. The van der Waals surface area contributed by atoms with E-state index in [0.717, 1.165) is 18.2 Å². The molecule has 0 aliphatic rings. The molecule has 0 radical (unpaired) electrons. The molecule has 2 N–H and O–H groups in total. The molecule has 0 heterocycles. The molecular weight excluding hydrogens is 569 g/mol. The van der Waals surface area contributed by atoms with Crippen LogP contribution in [0.5, 0.6) is 5.75 Å². The first kappa shape index (κ1) is 29.3. The van der Waals surface area contributed by atoms with Crippen molar-refractivity contribution in [1.29, 1.82) is 0 Å². The summed E-state index contributed by atoms with van der Waals surface area (Å²) in [6, 6.07) is 2.14. The van der Waals surface area contributed by atoms with Gasteiger partial charge >= 0.3 is 30.8 Å². The van der Waals surface area contributed by atoms with Crippen molar-refractivity contribution in [2.75, 3.05) is 5.32 Å². The van der Waals surface area contributed by atoms with Gasteiger partial charge in [-0.15, -0.1) is 0 Å². The minimum atomic E-state index is -6.53. The van der Waals surface area contributed by atoms with Gasteiger partial charge in [-0.05, 0) is 24.3 Å². The Labute approximate surface area is 203 Å². The van der Waals surface area contributed by atoms with E-state index >= 15 is 0 Å². The number of nitrogens with one attached hydrogen (secondary N) is 2. The SMILES string of the molecule is O=C(NC(=O)c1c(F)cccc1F)Nc1cc(Cl)c(OC(F)(F)C(F)OC(F)(F)C(F)(F)F)c(Cl)c1. The monoisotopic (exact) mass is 576 g/mol. The standard InChI is InChI=1S/C18H8Cl2F10N2O4/c19-7-4-6(31-15(34)32-13(33)11-9(21)2-1-3-10(11)22)5-8(20)12(7)35-16(24,25)14(23)36-18(29,30)17(26,27)28/h1-5,14H,(H2,31,32,33,34). The molecule has 198 valence electrons. The van der Waals surface area contributed by atoms with E-state index in [2.05, 4.69) is 9.47 Å². The number of hydrogen-bond donors (Lipinski definition) is 2. The van der Waals surface area contributed by atoms with Crippen LogP contribution in [0.3, 0.4) is 0 Å². The molecule has 0 bridgehead atoms. The van der Waals surface area contributed by atoms with Crippen molar-refractivity contribution in [2.45, 2.75) is 24.8 Å². The second kappa shape index (κ2) is 10.6. The summed E-state index contributed by atoms with van der Waals surface area (Å²) in [5.41, 5.74) is -1.59. The zero-order chi connectivity index (χ0) is 27.6. The van der Waals surface area contributed by atoms with E-state index in [-0.39, 0.29) is 0 Å². The third-order valence-corrected chi connectivity index (χ3v) is 4.32. The predicted molar refractivity (Wildman–Crippen MR) is 102 cm³/mol. The molecule has 0 aliphatic heterocycles. The van der Waals surface area contributed by atoms with Crippen molar-refractivity contribution >= 4 is 40.8 Å². The van der Waals surface area contributed by atoms with E-state index in [9.17, 15) is 53.5 Å². The number of amides is 3. The first-order chi connectivity index (χ1) is 16.4. The first-order valence-corrected chi connectivity index (χ1v) is 9.50. The van der Waals surface area contributed by atoms with Gasteiger partial charge in [0.15, 0.2) is 5.75 Å². The number of hydrogen-bond acceptors (Lipinski definition) is 4. The lowest BCUT2D eigenvalue weighted by Crippen LogP contribution is -2.48. The largest absolute Gasteiger partial charge is 0.483 e. The van der Waals surface area contributed by atoms with Crippen LogP contribution in [0, 0.1) is 11.6 Å². The maximum Gasteiger partial charge on any atom is 0.483 e. The van der Waals surface area contributed by atoms with Gasteiger partial charge in [0.1, 0.15) is 17.2 Å². The fourth-order valence-corrected chi connectivity index (χ4v) is 2.78. The molecule has 2 aromatic carbocycles. The van der Waals surface area contributed by atoms with Crippen molar-refractivity contribution in [3.05, 3.63) is 57.6 Å². The number of halogens is 12. The van der Waals surface area contributed by atoms with Gasteiger partial charge in [0.25, 0.3) is 5.91 Å². The first-order valence-electron chi connectivity index (χ1n) is 8.74. The Morgan fingerprint density at radius 2 is 1.42 bits per heavy atom. The van der Waals surface area contributed by atoms with Crippen LogP contribution < -0.4 is 15.4 Å². The van der Waals surface area contributed by atoms with E-state index in [1.165, 1.54) is 5.32 Å². The summed E-state index contributed by atoms with van der Waals surface area (Å²) in [5.74, 6) is -5.47. The highest BCUT2D eigenvalue weighted by Gasteiger charge is 2.64. The van der Waals surface area contributed by atoms with E-state index in [1.54, 1.807) is 0 Å². The minimum absolute atomic E-state index is 0.475. The lowest BCUT2D eigenvalue weighted by atomic mass is 10.2. The molecule has 3 amide bonds. The van der Waals surface area contributed by atoms with Crippen LogP contribution in [0.2, 0.25) is 10.0 Å². The number of urea groups is 1. The van der Waals surface area contributed by atoms with Gasteiger partial charge < -0.3 is 10.1 Å². The van der Waals surface area contributed by atoms with Crippen molar-refractivity contribution < 1.29 is 63.0 Å². The highest BCUT2D eigenvalue weighted by Crippen LogP contribution is 2.43. The van der Waals surface area contributed by atoms with E-state index < -0.39 is 75.4 Å². The number of carbonyl (C=O) groups is 2. The Hall–Kier alpha value is -2.98. The van der Waals surface area contributed by atoms with Crippen LogP contribution in [0.4, 0.5) is 54.4 Å². The van der Waals surface area contributed by atoms with Gasteiger partial charge in [-0.25, -0.2) is 18.0 Å². The van der Waals surface area contributed by atoms with E-state index in [1.807, 2.05) is 5.32 Å². The molecule has 0 aromatic heterocycles. The number of alkyl halides is 8. The quantitative estimate of drug-likeness (QED) is 0.361. The molecular formula is C18H8Cl2F10N2O4. The number of carbonyl (C=O) groups excluding carboxylic acids is 2. The van der Waals surface area contributed by atoms with Gasteiger partial charge in [0.2, 0.25) is 0 Å². The molecule has 2 rings (SSSR count). The Morgan fingerprint density at radius 1 is 0.917 bits per heavy atom. The average Bonchev–Trinajstić information content (AvgIpc) is 2.69. The molecule has 2 aromatic rings. The van der Waals surface area contributed by atoms with Crippen LogP contribution >= 0.6 is 23.2 Å². The normalized spacial score (nSPS) is 13.2. The number of anilines is 1. The molecule has 0 spiro atoms. The molecule has 6 nitrogen and oxygen atoms in total. The highest BCUT2D eigenvalue weighted by molar-refractivity contribution is 6.37. The van der Waals surface area contributed by atoms with E-state index in [0.29, 0.717) is 12.1 Å². The van der Waals surface area contributed by atoms with Crippen LogP contribution in [0.15, 0.2) is 30.3 Å². The van der Waals surface area contributed by atoms with Crippen molar-refractivity contribution in [3.8, 4) is 5.75 Å². The second-order valence-corrected chi connectivity index (χ2v) is 7.20. The van der Waals surface area contributed by atoms with Crippen molar-refractivity contribution in [1.82, 2.24) is 5.32 Å². The number of imide groups is 1. The summed E-state index contributed by atoms with van der Waals surface area (Å²) in [4.78, 5) is 23.8. The summed E-state index contributed by atoms with van der Waals surface area (Å²) < 4.78 is 136. The molecule has 0 fully saturated rings. The van der Waals surface area contributed by atoms with Crippen LogP contribution in [-0.2, 0) is 4.74 Å². The van der Waals surface area contributed by atoms with Gasteiger partial charge in [-0.2, -0.15) is 30.7 Å². The van der Waals surface area contributed by atoms with Crippen molar-refractivity contribution in [2.24, 2.45) is 0 Å². The number of benzene rings is 2. The zero-order valence-electron chi connectivity index (χ0n) is 16.6.